The van der Waals surface area contributed by atoms with Gasteiger partial charge in [-0.3, -0.25) is 20.4 Å². The van der Waals surface area contributed by atoms with Crippen LogP contribution in [0.2, 0.25) is 0 Å². The second kappa shape index (κ2) is 7.86. The molecule has 0 unspecified atom stereocenters. The maximum atomic E-state index is 11.7. The van der Waals surface area contributed by atoms with E-state index < -0.39 is 0 Å². The highest BCUT2D eigenvalue weighted by atomic mass is 32.2. The third kappa shape index (κ3) is 4.65. The number of benzene rings is 2. The molecule has 0 aliphatic rings. The van der Waals surface area contributed by atoms with Gasteiger partial charge in [0.15, 0.2) is 0 Å². The quantitative estimate of drug-likeness (QED) is 0.669. The van der Waals surface area contributed by atoms with Gasteiger partial charge in [0.25, 0.3) is 5.91 Å². The molecule has 2 rings (SSSR count). The van der Waals surface area contributed by atoms with E-state index in [1.54, 1.807) is 48.5 Å². The van der Waals surface area contributed by atoms with Crippen molar-refractivity contribution in [3.63, 3.8) is 0 Å². The summed E-state index contributed by atoms with van der Waals surface area (Å²) < 4.78 is 0. The minimum absolute atomic E-state index is 0.168. The van der Waals surface area contributed by atoms with E-state index in [1.807, 2.05) is 12.1 Å². The fourth-order valence-corrected chi connectivity index (χ4v) is 2.30. The first-order valence-corrected chi connectivity index (χ1v) is 7.45. The number of carbonyl (C=O) groups is 2. The summed E-state index contributed by atoms with van der Waals surface area (Å²) in [6, 6.07) is 17.6. The SMILES string of the molecule is N#Cc1ccc(SCC(=O)NNC(=O)c2ccccc2)cc1. The molecule has 0 saturated heterocycles. The molecule has 0 spiro atoms. The number of hydrogen-bond acceptors (Lipinski definition) is 4. The van der Waals surface area contributed by atoms with E-state index in [9.17, 15) is 9.59 Å². The van der Waals surface area contributed by atoms with Crippen LogP contribution in [0.1, 0.15) is 15.9 Å². The Morgan fingerprint density at radius 1 is 1.00 bits per heavy atom. The van der Waals surface area contributed by atoms with E-state index in [0.29, 0.717) is 11.1 Å². The number of nitriles is 1. The molecule has 0 fully saturated rings. The van der Waals surface area contributed by atoms with E-state index in [0.717, 1.165) is 4.90 Å². The van der Waals surface area contributed by atoms with Crippen LogP contribution >= 0.6 is 11.8 Å². The fourth-order valence-electron chi connectivity index (χ4n) is 1.60. The topological polar surface area (TPSA) is 82.0 Å². The van der Waals surface area contributed by atoms with E-state index in [1.165, 1.54) is 11.8 Å². The van der Waals surface area contributed by atoms with Crippen LogP contribution in [-0.4, -0.2) is 17.6 Å². The molecule has 0 aliphatic carbocycles. The molecule has 0 bridgehead atoms. The largest absolute Gasteiger partial charge is 0.272 e. The van der Waals surface area contributed by atoms with Crippen molar-refractivity contribution in [2.75, 3.05) is 5.75 Å². The lowest BCUT2D eigenvalue weighted by molar-refractivity contribution is -0.119. The van der Waals surface area contributed by atoms with Crippen molar-refractivity contribution in [1.29, 1.82) is 5.26 Å². The van der Waals surface area contributed by atoms with Crippen molar-refractivity contribution in [2.45, 2.75) is 4.90 Å². The minimum atomic E-state index is -0.364. The Bertz CT molecular complexity index is 694. The second-order valence-corrected chi connectivity index (χ2v) is 5.34. The highest BCUT2D eigenvalue weighted by Crippen LogP contribution is 2.17. The Morgan fingerprint density at radius 2 is 1.68 bits per heavy atom. The second-order valence-electron chi connectivity index (χ2n) is 4.29. The monoisotopic (exact) mass is 311 g/mol. The highest BCUT2D eigenvalue weighted by Gasteiger charge is 2.07. The van der Waals surface area contributed by atoms with Gasteiger partial charge in [-0.05, 0) is 36.4 Å². The van der Waals surface area contributed by atoms with Crippen molar-refractivity contribution in [3.05, 3.63) is 65.7 Å². The van der Waals surface area contributed by atoms with Crippen LogP contribution in [-0.2, 0) is 4.79 Å². The van der Waals surface area contributed by atoms with Gasteiger partial charge in [-0.25, -0.2) is 0 Å². The van der Waals surface area contributed by atoms with Gasteiger partial charge in [0.2, 0.25) is 5.91 Å². The molecule has 0 radical (unpaired) electrons. The van der Waals surface area contributed by atoms with Gasteiger partial charge in [0.05, 0.1) is 17.4 Å². The molecular weight excluding hydrogens is 298 g/mol. The molecule has 22 heavy (non-hydrogen) atoms. The number of thioether (sulfide) groups is 1. The zero-order valence-electron chi connectivity index (χ0n) is 11.6. The lowest BCUT2D eigenvalue weighted by atomic mass is 10.2. The smallest absolute Gasteiger partial charge is 0.269 e. The number of hydrazine groups is 1. The number of carbonyl (C=O) groups excluding carboxylic acids is 2. The van der Waals surface area contributed by atoms with Crippen molar-refractivity contribution in [3.8, 4) is 6.07 Å². The van der Waals surface area contributed by atoms with Crippen LogP contribution in [0.3, 0.4) is 0 Å². The Kier molecular flexibility index (Phi) is 5.57. The van der Waals surface area contributed by atoms with Crippen molar-refractivity contribution < 1.29 is 9.59 Å². The first-order valence-electron chi connectivity index (χ1n) is 6.46. The van der Waals surface area contributed by atoms with Gasteiger partial charge in [0, 0.05) is 10.5 Å². The summed E-state index contributed by atoms with van der Waals surface area (Å²) in [5.74, 6) is -0.503. The van der Waals surface area contributed by atoms with Gasteiger partial charge >= 0.3 is 0 Å². The lowest BCUT2D eigenvalue weighted by Crippen LogP contribution is -2.42. The summed E-state index contributed by atoms with van der Waals surface area (Å²) in [6.07, 6.45) is 0. The average molecular weight is 311 g/mol. The maximum Gasteiger partial charge on any atom is 0.269 e. The molecule has 0 aromatic heterocycles. The molecule has 2 aromatic rings. The standard InChI is InChI=1S/C16H13N3O2S/c17-10-12-6-8-14(9-7-12)22-11-15(20)18-19-16(21)13-4-2-1-3-5-13/h1-9H,11H2,(H,18,20)(H,19,21). The summed E-state index contributed by atoms with van der Waals surface area (Å²) in [4.78, 5) is 24.3. The molecular formula is C16H13N3O2S. The zero-order chi connectivity index (χ0) is 15.8. The molecule has 110 valence electrons. The predicted molar refractivity (Wildman–Crippen MR) is 83.9 cm³/mol. The predicted octanol–water partition coefficient (Wildman–Crippen LogP) is 2.11. The fraction of sp³-hybridized carbons (Fsp3) is 0.0625. The molecule has 0 aliphatic heterocycles. The number of nitrogens with zero attached hydrogens (tertiary/aromatic N) is 1. The first kappa shape index (κ1) is 15.6. The summed E-state index contributed by atoms with van der Waals surface area (Å²) >= 11 is 1.32. The zero-order valence-corrected chi connectivity index (χ0v) is 12.4. The van der Waals surface area contributed by atoms with Crippen LogP contribution in [0.25, 0.3) is 0 Å². The molecule has 0 saturated carbocycles. The lowest BCUT2D eigenvalue weighted by Gasteiger charge is -2.07. The molecule has 0 heterocycles. The molecule has 6 heteroatoms. The molecule has 0 atom stereocenters. The van der Waals surface area contributed by atoms with Crippen LogP contribution in [0.5, 0.6) is 0 Å². The maximum absolute atomic E-state index is 11.7. The molecule has 2 N–H and O–H groups in total. The molecule has 2 amide bonds. The molecule has 5 nitrogen and oxygen atoms in total. The third-order valence-corrected chi connectivity index (χ3v) is 3.72. The number of hydrogen-bond donors (Lipinski definition) is 2. The first-order chi connectivity index (χ1) is 10.7. The minimum Gasteiger partial charge on any atom is -0.272 e. The highest BCUT2D eigenvalue weighted by molar-refractivity contribution is 8.00. The van der Waals surface area contributed by atoms with E-state index in [4.69, 9.17) is 5.26 Å². The van der Waals surface area contributed by atoms with E-state index >= 15 is 0 Å². The average Bonchev–Trinajstić information content (AvgIpc) is 2.59. The van der Waals surface area contributed by atoms with E-state index in [-0.39, 0.29) is 17.6 Å². The number of nitrogens with one attached hydrogen (secondary N) is 2. The van der Waals surface area contributed by atoms with E-state index in [2.05, 4.69) is 10.9 Å². The van der Waals surface area contributed by atoms with Crippen molar-refractivity contribution in [2.24, 2.45) is 0 Å². The third-order valence-electron chi connectivity index (χ3n) is 2.70. The van der Waals surface area contributed by atoms with Crippen LogP contribution < -0.4 is 10.9 Å². The normalized spacial score (nSPS) is 9.59. The number of rotatable bonds is 4. The van der Waals surface area contributed by atoms with Gasteiger partial charge in [-0.1, -0.05) is 18.2 Å². The van der Waals surface area contributed by atoms with Gasteiger partial charge in [0.1, 0.15) is 0 Å². The van der Waals surface area contributed by atoms with Crippen molar-refractivity contribution >= 4 is 23.6 Å². The van der Waals surface area contributed by atoms with Crippen LogP contribution in [0.15, 0.2) is 59.5 Å². The van der Waals surface area contributed by atoms with Gasteiger partial charge < -0.3 is 0 Å². The summed E-state index contributed by atoms with van der Waals surface area (Å²) in [6.45, 7) is 0. The van der Waals surface area contributed by atoms with Gasteiger partial charge in [-0.2, -0.15) is 5.26 Å². The molecule has 2 aromatic carbocycles. The van der Waals surface area contributed by atoms with Crippen LogP contribution in [0.4, 0.5) is 0 Å². The van der Waals surface area contributed by atoms with Crippen molar-refractivity contribution in [1.82, 2.24) is 10.9 Å². The summed E-state index contributed by atoms with van der Waals surface area (Å²) in [5.41, 5.74) is 5.77. The Labute approximate surface area is 132 Å². The summed E-state index contributed by atoms with van der Waals surface area (Å²) in [7, 11) is 0. The Hall–Kier alpha value is -2.78. The Morgan fingerprint density at radius 3 is 2.32 bits per heavy atom. The number of amides is 2. The Balaban J connectivity index is 1.76. The van der Waals surface area contributed by atoms with Crippen LogP contribution in [0, 0.1) is 11.3 Å². The van der Waals surface area contributed by atoms with Gasteiger partial charge in [-0.15, -0.1) is 11.8 Å². The summed E-state index contributed by atoms with van der Waals surface area (Å²) in [5, 5.41) is 8.70.